The van der Waals surface area contributed by atoms with Crippen LogP contribution >= 0.6 is 11.3 Å². The summed E-state index contributed by atoms with van der Waals surface area (Å²) in [5, 5.41) is 8.00. The van der Waals surface area contributed by atoms with Crippen LogP contribution in [0.5, 0.6) is 11.5 Å². The van der Waals surface area contributed by atoms with Gasteiger partial charge in [0.15, 0.2) is 11.5 Å². The highest BCUT2D eigenvalue weighted by molar-refractivity contribution is 7.10. The molecule has 1 atom stereocenters. The first-order valence-electron chi connectivity index (χ1n) is 7.30. The van der Waals surface area contributed by atoms with Crippen molar-refractivity contribution >= 4 is 23.1 Å². The van der Waals surface area contributed by atoms with Gasteiger partial charge < -0.3 is 20.1 Å². The number of thiophene rings is 1. The van der Waals surface area contributed by atoms with Crippen LogP contribution in [0.15, 0.2) is 35.7 Å². The van der Waals surface area contributed by atoms with Crippen LogP contribution in [0.3, 0.4) is 0 Å². The summed E-state index contributed by atoms with van der Waals surface area (Å²) in [6, 6.07) is 9.40. The van der Waals surface area contributed by atoms with E-state index in [0.717, 1.165) is 0 Å². The minimum Gasteiger partial charge on any atom is -0.454 e. The Morgan fingerprint density at radius 2 is 2.09 bits per heavy atom. The topological polar surface area (TPSA) is 59.6 Å². The van der Waals surface area contributed by atoms with Crippen molar-refractivity contribution in [3.05, 3.63) is 40.6 Å². The van der Waals surface area contributed by atoms with E-state index in [-0.39, 0.29) is 18.9 Å². The standard InChI is InChI=1S/C16H16N2O3S/c19-16(17-11-5-6-12-13(8-11)21-9-20-12)18-15(10-3-4-10)14-2-1-7-22-14/h1-2,5-8,10,15H,3-4,9H2,(H2,17,18,19). The fraction of sp³-hybridized carbons (Fsp3) is 0.312. The average molecular weight is 316 g/mol. The first kappa shape index (κ1) is 13.5. The van der Waals surface area contributed by atoms with Gasteiger partial charge in [-0.05, 0) is 42.3 Å². The molecule has 114 valence electrons. The zero-order valence-electron chi connectivity index (χ0n) is 11.9. The third kappa shape index (κ3) is 2.74. The van der Waals surface area contributed by atoms with Gasteiger partial charge in [-0.3, -0.25) is 0 Å². The number of amides is 2. The number of hydrogen-bond donors (Lipinski definition) is 2. The molecule has 1 saturated carbocycles. The van der Waals surface area contributed by atoms with E-state index in [1.807, 2.05) is 17.5 Å². The zero-order valence-corrected chi connectivity index (χ0v) is 12.7. The predicted molar refractivity (Wildman–Crippen MR) is 84.5 cm³/mol. The Bertz CT molecular complexity index is 683. The lowest BCUT2D eigenvalue weighted by Gasteiger charge is -2.17. The summed E-state index contributed by atoms with van der Waals surface area (Å²) < 4.78 is 10.6. The number of benzene rings is 1. The van der Waals surface area contributed by atoms with Crippen molar-refractivity contribution in [2.24, 2.45) is 5.92 Å². The monoisotopic (exact) mass is 316 g/mol. The number of rotatable bonds is 4. The molecule has 6 heteroatoms. The molecule has 0 radical (unpaired) electrons. The number of nitrogens with one attached hydrogen (secondary N) is 2. The van der Waals surface area contributed by atoms with Gasteiger partial charge in [0.2, 0.25) is 6.79 Å². The van der Waals surface area contributed by atoms with Gasteiger partial charge in [-0.1, -0.05) is 6.07 Å². The molecule has 1 aliphatic heterocycles. The maximum absolute atomic E-state index is 12.3. The molecule has 1 aromatic heterocycles. The van der Waals surface area contributed by atoms with E-state index in [1.165, 1.54) is 17.7 Å². The van der Waals surface area contributed by atoms with Gasteiger partial charge in [0.25, 0.3) is 0 Å². The van der Waals surface area contributed by atoms with Crippen LogP contribution in [-0.4, -0.2) is 12.8 Å². The fourth-order valence-corrected chi connectivity index (χ4v) is 3.47. The van der Waals surface area contributed by atoms with Crippen LogP contribution in [0.1, 0.15) is 23.8 Å². The average Bonchev–Trinajstić information content (AvgIpc) is 3.01. The molecular formula is C16H16N2O3S. The molecule has 2 aliphatic rings. The SMILES string of the molecule is O=C(Nc1ccc2c(c1)OCO2)NC(c1cccs1)C1CC1. The summed E-state index contributed by atoms with van der Waals surface area (Å²) >= 11 is 1.68. The lowest BCUT2D eigenvalue weighted by atomic mass is 10.1. The smallest absolute Gasteiger partial charge is 0.319 e. The summed E-state index contributed by atoms with van der Waals surface area (Å²) in [4.78, 5) is 13.5. The highest BCUT2D eigenvalue weighted by Crippen LogP contribution is 2.42. The predicted octanol–water partition coefficient (Wildman–Crippen LogP) is 3.75. The highest BCUT2D eigenvalue weighted by Gasteiger charge is 2.34. The zero-order chi connectivity index (χ0) is 14.9. The van der Waals surface area contributed by atoms with Crippen molar-refractivity contribution in [3.63, 3.8) is 0 Å². The number of carbonyl (C=O) groups is 1. The molecule has 1 aliphatic carbocycles. The molecule has 2 heterocycles. The van der Waals surface area contributed by atoms with Crippen LogP contribution in [0, 0.1) is 5.92 Å². The van der Waals surface area contributed by atoms with Crippen LogP contribution in [0.25, 0.3) is 0 Å². The van der Waals surface area contributed by atoms with Crippen molar-refractivity contribution in [3.8, 4) is 11.5 Å². The van der Waals surface area contributed by atoms with E-state index >= 15 is 0 Å². The van der Waals surface area contributed by atoms with Crippen molar-refractivity contribution in [2.75, 3.05) is 12.1 Å². The highest BCUT2D eigenvalue weighted by atomic mass is 32.1. The third-order valence-electron chi connectivity index (χ3n) is 3.86. The third-order valence-corrected chi connectivity index (χ3v) is 4.82. The van der Waals surface area contributed by atoms with Crippen LogP contribution < -0.4 is 20.1 Å². The largest absolute Gasteiger partial charge is 0.454 e. The summed E-state index contributed by atoms with van der Waals surface area (Å²) in [5.74, 6) is 1.93. The Kier molecular flexibility index (Phi) is 3.38. The summed E-state index contributed by atoms with van der Waals surface area (Å²) in [6.45, 7) is 0.229. The van der Waals surface area contributed by atoms with E-state index in [4.69, 9.17) is 9.47 Å². The molecule has 2 aromatic rings. The summed E-state index contributed by atoms with van der Waals surface area (Å²) in [7, 11) is 0. The molecule has 1 fully saturated rings. The number of hydrogen-bond acceptors (Lipinski definition) is 4. The Labute approximate surface area is 132 Å². The lowest BCUT2D eigenvalue weighted by Crippen LogP contribution is -2.33. The molecule has 1 unspecified atom stereocenters. The first-order chi connectivity index (χ1) is 10.8. The number of urea groups is 1. The minimum absolute atomic E-state index is 0.106. The molecule has 0 spiro atoms. The van der Waals surface area contributed by atoms with E-state index in [0.29, 0.717) is 23.1 Å². The first-order valence-corrected chi connectivity index (χ1v) is 8.18. The van der Waals surface area contributed by atoms with Gasteiger partial charge in [-0.2, -0.15) is 0 Å². The van der Waals surface area contributed by atoms with Crippen molar-refractivity contribution < 1.29 is 14.3 Å². The molecule has 2 amide bonds. The van der Waals surface area contributed by atoms with Crippen LogP contribution in [0.2, 0.25) is 0 Å². The summed E-state index contributed by atoms with van der Waals surface area (Å²) in [5.41, 5.74) is 0.697. The number of carbonyl (C=O) groups excluding carboxylic acids is 1. The van der Waals surface area contributed by atoms with Crippen LogP contribution in [0.4, 0.5) is 10.5 Å². The molecule has 4 rings (SSSR count). The number of anilines is 1. The molecule has 1 aromatic carbocycles. The second-order valence-electron chi connectivity index (χ2n) is 5.50. The molecule has 22 heavy (non-hydrogen) atoms. The molecule has 2 N–H and O–H groups in total. The Hall–Kier alpha value is -2.21. The van der Waals surface area contributed by atoms with Crippen LogP contribution in [-0.2, 0) is 0 Å². The lowest BCUT2D eigenvalue weighted by molar-refractivity contribution is 0.174. The number of ether oxygens (including phenoxy) is 2. The van der Waals surface area contributed by atoms with E-state index in [9.17, 15) is 4.79 Å². The van der Waals surface area contributed by atoms with Crippen molar-refractivity contribution in [2.45, 2.75) is 18.9 Å². The second kappa shape index (κ2) is 5.53. The van der Waals surface area contributed by atoms with Gasteiger partial charge in [0, 0.05) is 16.6 Å². The van der Waals surface area contributed by atoms with Gasteiger partial charge in [-0.25, -0.2) is 4.79 Å². The Balaban J connectivity index is 1.43. The molecule has 0 saturated heterocycles. The van der Waals surface area contributed by atoms with E-state index < -0.39 is 0 Å². The van der Waals surface area contributed by atoms with Crippen molar-refractivity contribution in [1.82, 2.24) is 5.32 Å². The minimum atomic E-state index is -0.191. The second-order valence-corrected chi connectivity index (χ2v) is 6.48. The Morgan fingerprint density at radius 1 is 1.23 bits per heavy atom. The van der Waals surface area contributed by atoms with Gasteiger partial charge in [0.1, 0.15) is 0 Å². The Morgan fingerprint density at radius 3 is 2.86 bits per heavy atom. The molecule has 0 bridgehead atoms. The summed E-state index contributed by atoms with van der Waals surface area (Å²) in [6.07, 6.45) is 2.35. The van der Waals surface area contributed by atoms with Gasteiger partial charge >= 0.3 is 6.03 Å². The number of fused-ring (bicyclic) bond motifs is 1. The maximum Gasteiger partial charge on any atom is 0.319 e. The molecule has 5 nitrogen and oxygen atoms in total. The quantitative estimate of drug-likeness (QED) is 0.903. The van der Waals surface area contributed by atoms with E-state index in [2.05, 4.69) is 16.7 Å². The van der Waals surface area contributed by atoms with Crippen molar-refractivity contribution in [1.29, 1.82) is 0 Å². The maximum atomic E-state index is 12.3. The van der Waals surface area contributed by atoms with E-state index in [1.54, 1.807) is 23.5 Å². The van der Waals surface area contributed by atoms with Gasteiger partial charge in [-0.15, -0.1) is 11.3 Å². The normalized spacial score (nSPS) is 17.1. The molecular weight excluding hydrogens is 300 g/mol. The van der Waals surface area contributed by atoms with Gasteiger partial charge in [0.05, 0.1) is 6.04 Å². The fourth-order valence-electron chi connectivity index (χ4n) is 2.60.